The highest BCUT2D eigenvalue weighted by atomic mass is 35.5. The minimum atomic E-state index is -0.260. The molecule has 1 saturated carbocycles. The van der Waals surface area contributed by atoms with E-state index in [0.29, 0.717) is 12.6 Å². The van der Waals surface area contributed by atoms with Crippen LogP contribution in [0.1, 0.15) is 31.2 Å². The quantitative estimate of drug-likeness (QED) is 0.518. The normalized spacial score (nSPS) is 20.6. The number of rotatable bonds is 6. The summed E-state index contributed by atoms with van der Waals surface area (Å²) < 4.78 is 0. The van der Waals surface area contributed by atoms with Crippen LogP contribution in [0, 0.1) is 0 Å². The highest BCUT2D eigenvalue weighted by molar-refractivity contribution is 6.30. The van der Waals surface area contributed by atoms with Crippen molar-refractivity contribution in [3.8, 4) is 0 Å². The molecule has 26 heavy (non-hydrogen) atoms. The molecular formula is C19H28ClN5O. The topological polar surface area (TPSA) is 82.8 Å². The lowest BCUT2D eigenvalue weighted by Crippen LogP contribution is -2.50. The second kappa shape index (κ2) is 8.27. The van der Waals surface area contributed by atoms with Crippen molar-refractivity contribution >= 4 is 23.5 Å². The number of nitrogens with one attached hydrogen (secondary N) is 2. The van der Waals surface area contributed by atoms with Gasteiger partial charge < -0.3 is 16.4 Å². The molecule has 1 aliphatic heterocycles. The molecule has 1 aliphatic carbocycles. The number of carbonyl (C=O) groups excluding carboxylic acids is 1. The van der Waals surface area contributed by atoms with Crippen LogP contribution in [0.2, 0.25) is 5.02 Å². The SMILES string of the molecule is CN=C(NCC1(c2cccc(Cl)c2)CC1)NC1CCN(CC(N)=O)CC1. The van der Waals surface area contributed by atoms with Crippen LogP contribution in [-0.2, 0) is 10.2 Å². The standard InChI is InChI=1S/C19H28ClN5O/c1-22-18(24-16-5-9-25(10-6-16)12-17(21)26)23-13-19(7-8-19)14-3-2-4-15(20)11-14/h2-4,11,16H,5-10,12-13H2,1H3,(H2,21,26)(H2,22,23,24). The molecule has 0 aromatic heterocycles. The van der Waals surface area contributed by atoms with E-state index in [4.69, 9.17) is 17.3 Å². The predicted octanol–water partition coefficient (Wildman–Crippen LogP) is 1.49. The van der Waals surface area contributed by atoms with Gasteiger partial charge in [-0.15, -0.1) is 0 Å². The van der Waals surface area contributed by atoms with Crippen LogP contribution in [0.4, 0.5) is 0 Å². The minimum Gasteiger partial charge on any atom is -0.369 e. The fraction of sp³-hybridized carbons (Fsp3) is 0.579. The first-order chi connectivity index (χ1) is 12.5. The van der Waals surface area contributed by atoms with Crippen molar-refractivity contribution < 1.29 is 4.79 Å². The van der Waals surface area contributed by atoms with Gasteiger partial charge in [0.2, 0.25) is 5.91 Å². The van der Waals surface area contributed by atoms with Crippen LogP contribution in [-0.4, -0.2) is 56.0 Å². The summed E-state index contributed by atoms with van der Waals surface area (Å²) >= 11 is 6.15. The first-order valence-electron chi connectivity index (χ1n) is 9.25. The van der Waals surface area contributed by atoms with Crippen LogP contribution < -0.4 is 16.4 Å². The number of halogens is 1. The summed E-state index contributed by atoms with van der Waals surface area (Å²) in [6, 6.07) is 8.53. The second-order valence-corrected chi connectivity index (χ2v) is 7.81. The van der Waals surface area contributed by atoms with Crippen LogP contribution in [0.15, 0.2) is 29.3 Å². The van der Waals surface area contributed by atoms with Gasteiger partial charge in [-0.25, -0.2) is 0 Å². The van der Waals surface area contributed by atoms with Gasteiger partial charge in [-0.2, -0.15) is 0 Å². The van der Waals surface area contributed by atoms with E-state index in [9.17, 15) is 4.79 Å². The summed E-state index contributed by atoms with van der Waals surface area (Å²) in [7, 11) is 1.80. The number of primary amides is 1. The summed E-state index contributed by atoms with van der Waals surface area (Å²) in [6.07, 6.45) is 4.30. The third kappa shape index (κ3) is 4.89. The molecule has 1 amide bonds. The molecule has 4 N–H and O–H groups in total. The number of benzene rings is 1. The molecule has 1 saturated heterocycles. The second-order valence-electron chi connectivity index (χ2n) is 7.38. The van der Waals surface area contributed by atoms with E-state index < -0.39 is 0 Å². The number of carbonyl (C=O) groups is 1. The molecule has 0 radical (unpaired) electrons. The Kier molecular flexibility index (Phi) is 6.04. The maximum atomic E-state index is 11.0. The zero-order valence-electron chi connectivity index (χ0n) is 15.3. The Morgan fingerprint density at radius 3 is 2.69 bits per heavy atom. The number of aliphatic imine (C=N–C) groups is 1. The number of piperidine rings is 1. The first-order valence-corrected chi connectivity index (χ1v) is 9.62. The highest BCUT2D eigenvalue weighted by Gasteiger charge is 2.44. The molecule has 1 aromatic carbocycles. The van der Waals surface area contributed by atoms with Gasteiger partial charge in [0.25, 0.3) is 0 Å². The fourth-order valence-corrected chi connectivity index (χ4v) is 3.82. The zero-order chi connectivity index (χ0) is 18.6. The summed E-state index contributed by atoms with van der Waals surface area (Å²) in [5.41, 5.74) is 6.74. The monoisotopic (exact) mass is 377 g/mol. The average Bonchev–Trinajstić information content (AvgIpc) is 3.41. The molecule has 1 aromatic rings. The van der Waals surface area contributed by atoms with E-state index in [1.54, 1.807) is 7.05 Å². The third-order valence-corrected chi connectivity index (χ3v) is 5.65. The fourth-order valence-electron chi connectivity index (χ4n) is 3.63. The van der Waals surface area contributed by atoms with Gasteiger partial charge in [0.05, 0.1) is 6.54 Å². The van der Waals surface area contributed by atoms with Crippen molar-refractivity contribution in [2.45, 2.75) is 37.1 Å². The number of hydrogen-bond acceptors (Lipinski definition) is 3. The molecule has 0 atom stereocenters. The van der Waals surface area contributed by atoms with Gasteiger partial charge in [-0.05, 0) is 43.4 Å². The van der Waals surface area contributed by atoms with Gasteiger partial charge in [0, 0.05) is 43.2 Å². The number of nitrogens with zero attached hydrogens (tertiary/aromatic N) is 2. The van der Waals surface area contributed by atoms with Crippen molar-refractivity contribution in [3.05, 3.63) is 34.9 Å². The molecule has 2 aliphatic rings. The van der Waals surface area contributed by atoms with Crippen molar-refractivity contribution in [1.82, 2.24) is 15.5 Å². The summed E-state index contributed by atoms with van der Waals surface area (Å²) in [5, 5.41) is 7.79. The van der Waals surface area contributed by atoms with Crippen molar-refractivity contribution in [3.63, 3.8) is 0 Å². The molecule has 0 bridgehead atoms. The minimum absolute atomic E-state index is 0.174. The lowest BCUT2D eigenvalue weighted by molar-refractivity contribution is -0.119. The lowest BCUT2D eigenvalue weighted by Gasteiger charge is -2.32. The summed E-state index contributed by atoms with van der Waals surface area (Å²) in [4.78, 5) is 17.5. The van der Waals surface area contributed by atoms with E-state index in [2.05, 4.69) is 32.7 Å². The number of guanidine groups is 1. The van der Waals surface area contributed by atoms with E-state index in [0.717, 1.165) is 43.5 Å². The predicted molar refractivity (Wildman–Crippen MR) is 106 cm³/mol. The van der Waals surface area contributed by atoms with E-state index in [1.807, 2.05) is 12.1 Å². The molecule has 1 heterocycles. The number of nitrogens with two attached hydrogens (primary N) is 1. The number of hydrogen-bond donors (Lipinski definition) is 3. The van der Waals surface area contributed by atoms with Crippen LogP contribution in [0.25, 0.3) is 0 Å². The van der Waals surface area contributed by atoms with E-state index >= 15 is 0 Å². The Morgan fingerprint density at radius 1 is 1.38 bits per heavy atom. The van der Waals surface area contributed by atoms with Crippen molar-refractivity contribution in [1.29, 1.82) is 0 Å². The molecule has 6 nitrogen and oxygen atoms in total. The molecule has 2 fully saturated rings. The zero-order valence-corrected chi connectivity index (χ0v) is 16.1. The smallest absolute Gasteiger partial charge is 0.231 e. The lowest BCUT2D eigenvalue weighted by atomic mass is 9.96. The van der Waals surface area contributed by atoms with Gasteiger partial charge >= 0.3 is 0 Å². The van der Waals surface area contributed by atoms with Gasteiger partial charge in [0.1, 0.15) is 0 Å². The Hall–Kier alpha value is -1.79. The molecule has 7 heteroatoms. The molecular weight excluding hydrogens is 350 g/mol. The Balaban J connectivity index is 1.48. The van der Waals surface area contributed by atoms with E-state index in [-0.39, 0.29) is 11.3 Å². The molecule has 0 unspecified atom stereocenters. The van der Waals surface area contributed by atoms with E-state index in [1.165, 1.54) is 18.4 Å². The van der Waals surface area contributed by atoms with Gasteiger partial charge in [0.15, 0.2) is 5.96 Å². The first kappa shape index (κ1) is 19.0. The maximum absolute atomic E-state index is 11.0. The van der Waals surface area contributed by atoms with Crippen molar-refractivity contribution in [2.24, 2.45) is 10.7 Å². The Labute approximate surface area is 160 Å². The summed E-state index contributed by atoms with van der Waals surface area (Å²) in [5.74, 6) is 0.580. The largest absolute Gasteiger partial charge is 0.369 e. The maximum Gasteiger partial charge on any atom is 0.231 e. The van der Waals surface area contributed by atoms with Crippen LogP contribution in [0.5, 0.6) is 0 Å². The summed E-state index contributed by atoms with van der Waals surface area (Å²) in [6.45, 7) is 2.96. The van der Waals surface area contributed by atoms with Crippen LogP contribution >= 0.6 is 11.6 Å². The third-order valence-electron chi connectivity index (χ3n) is 5.42. The van der Waals surface area contributed by atoms with Gasteiger partial charge in [-0.3, -0.25) is 14.7 Å². The highest BCUT2D eigenvalue weighted by Crippen LogP contribution is 2.48. The number of amides is 1. The Bertz CT molecular complexity index is 666. The Morgan fingerprint density at radius 2 is 2.12 bits per heavy atom. The number of likely N-dealkylation sites (tertiary alicyclic amines) is 1. The van der Waals surface area contributed by atoms with Crippen LogP contribution in [0.3, 0.4) is 0 Å². The molecule has 142 valence electrons. The van der Waals surface area contributed by atoms with Crippen molar-refractivity contribution in [2.75, 3.05) is 33.2 Å². The average molecular weight is 378 g/mol. The van der Waals surface area contributed by atoms with Gasteiger partial charge in [-0.1, -0.05) is 23.7 Å². The molecule has 3 rings (SSSR count). The molecule has 0 spiro atoms.